The second-order valence-corrected chi connectivity index (χ2v) is 6.55. The van der Waals surface area contributed by atoms with E-state index in [9.17, 15) is 13.2 Å². The van der Waals surface area contributed by atoms with E-state index in [0.29, 0.717) is 12.8 Å². The highest BCUT2D eigenvalue weighted by molar-refractivity contribution is 7.91. The van der Waals surface area contributed by atoms with Crippen LogP contribution in [0.2, 0.25) is 0 Å². The van der Waals surface area contributed by atoms with E-state index in [-0.39, 0.29) is 29.4 Å². The molecule has 0 bridgehead atoms. The fourth-order valence-electron chi connectivity index (χ4n) is 1.61. The van der Waals surface area contributed by atoms with Gasteiger partial charge >= 0.3 is 0 Å². The van der Waals surface area contributed by atoms with Crippen molar-refractivity contribution in [2.45, 2.75) is 39.2 Å². The molecule has 5 heteroatoms. The summed E-state index contributed by atoms with van der Waals surface area (Å²) >= 11 is 0. The Morgan fingerprint density at radius 1 is 1.40 bits per heavy atom. The lowest BCUT2D eigenvalue weighted by atomic mass is 10.0. The molecule has 0 saturated carbocycles. The molecule has 1 aliphatic heterocycles. The molecule has 88 valence electrons. The largest absolute Gasteiger partial charge is 0.353 e. The van der Waals surface area contributed by atoms with E-state index in [1.54, 1.807) is 0 Å². The van der Waals surface area contributed by atoms with Gasteiger partial charge in [-0.2, -0.15) is 0 Å². The zero-order valence-corrected chi connectivity index (χ0v) is 10.1. The minimum Gasteiger partial charge on any atom is -0.353 e. The molecule has 1 fully saturated rings. The number of nitrogens with one attached hydrogen (secondary N) is 1. The van der Waals surface area contributed by atoms with Gasteiger partial charge in [0.05, 0.1) is 11.5 Å². The van der Waals surface area contributed by atoms with Crippen molar-refractivity contribution in [2.75, 3.05) is 11.5 Å². The zero-order valence-electron chi connectivity index (χ0n) is 9.32. The van der Waals surface area contributed by atoms with Gasteiger partial charge in [0.15, 0.2) is 0 Å². The lowest BCUT2D eigenvalue weighted by Gasteiger charge is -2.22. The van der Waals surface area contributed by atoms with E-state index in [0.717, 1.165) is 6.42 Å². The lowest BCUT2D eigenvalue weighted by molar-refractivity contribution is -0.125. The molecule has 1 rings (SSSR count). The molecule has 0 radical (unpaired) electrons. The number of hydrogen-bond donors (Lipinski definition) is 1. The van der Waals surface area contributed by atoms with Crippen LogP contribution in [0.4, 0.5) is 0 Å². The van der Waals surface area contributed by atoms with Crippen molar-refractivity contribution >= 4 is 15.7 Å². The van der Waals surface area contributed by atoms with Gasteiger partial charge in [0, 0.05) is 12.0 Å². The monoisotopic (exact) mass is 233 g/mol. The highest BCUT2D eigenvalue weighted by Crippen LogP contribution is 2.19. The Hall–Kier alpha value is -0.580. The first-order chi connectivity index (χ1) is 6.94. The maximum Gasteiger partial charge on any atom is 0.223 e. The summed E-state index contributed by atoms with van der Waals surface area (Å²) < 4.78 is 22.3. The Morgan fingerprint density at radius 3 is 2.40 bits per heavy atom. The van der Waals surface area contributed by atoms with E-state index in [1.165, 1.54) is 0 Å². The molecule has 0 aromatic heterocycles. The molecular formula is C10H19NO3S. The van der Waals surface area contributed by atoms with Crippen molar-refractivity contribution in [3.63, 3.8) is 0 Å². The minimum absolute atomic E-state index is 0.0132. The smallest absolute Gasteiger partial charge is 0.223 e. The molecule has 1 atom stereocenters. The van der Waals surface area contributed by atoms with Crippen molar-refractivity contribution in [1.29, 1.82) is 0 Å². The number of carbonyl (C=O) groups is 1. The molecule has 15 heavy (non-hydrogen) atoms. The molecule has 1 saturated heterocycles. The maximum absolute atomic E-state index is 11.7. The number of amides is 1. The summed E-state index contributed by atoms with van der Waals surface area (Å²) in [5, 5.41) is 2.89. The van der Waals surface area contributed by atoms with Gasteiger partial charge in [0.25, 0.3) is 0 Å². The number of rotatable bonds is 3. The molecule has 0 aliphatic carbocycles. The van der Waals surface area contributed by atoms with Crippen LogP contribution in [-0.2, 0) is 14.6 Å². The van der Waals surface area contributed by atoms with Crippen LogP contribution in [0.5, 0.6) is 0 Å². The van der Waals surface area contributed by atoms with Crippen LogP contribution in [-0.4, -0.2) is 31.9 Å². The van der Waals surface area contributed by atoms with Crippen LogP contribution in [0, 0.1) is 5.92 Å². The van der Waals surface area contributed by atoms with Gasteiger partial charge in [-0.05, 0) is 26.2 Å². The van der Waals surface area contributed by atoms with Crippen LogP contribution < -0.4 is 5.32 Å². The number of carbonyl (C=O) groups excluding carboxylic acids is 1. The van der Waals surface area contributed by atoms with Gasteiger partial charge in [0.2, 0.25) is 5.91 Å². The number of sulfone groups is 1. The quantitative estimate of drug-likeness (QED) is 0.781. The third-order valence-corrected chi connectivity index (χ3v) is 4.64. The van der Waals surface area contributed by atoms with Gasteiger partial charge in [-0.15, -0.1) is 0 Å². The van der Waals surface area contributed by atoms with Crippen molar-refractivity contribution in [1.82, 2.24) is 5.32 Å². The van der Waals surface area contributed by atoms with Gasteiger partial charge < -0.3 is 5.32 Å². The second-order valence-electron chi connectivity index (χ2n) is 4.24. The van der Waals surface area contributed by atoms with Gasteiger partial charge in [-0.1, -0.05) is 6.92 Å². The fourth-order valence-corrected chi connectivity index (χ4v) is 3.11. The van der Waals surface area contributed by atoms with Crippen molar-refractivity contribution in [3.8, 4) is 0 Å². The van der Waals surface area contributed by atoms with Crippen molar-refractivity contribution in [3.05, 3.63) is 0 Å². The second kappa shape index (κ2) is 4.96. The maximum atomic E-state index is 11.7. The van der Waals surface area contributed by atoms with Crippen LogP contribution in [0.15, 0.2) is 0 Å². The van der Waals surface area contributed by atoms with Crippen molar-refractivity contribution < 1.29 is 13.2 Å². The van der Waals surface area contributed by atoms with E-state index < -0.39 is 9.84 Å². The van der Waals surface area contributed by atoms with E-state index >= 15 is 0 Å². The molecule has 1 N–H and O–H groups in total. The standard InChI is InChI=1S/C10H19NO3S/c1-3-8(2)11-10(12)9-4-6-15(13,14)7-5-9/h8-9H,3-7H2,1-2H3,(H,11,12). The van der Waals surface area contributed by atoms with Gasteiger partial charge in [0.1, 0.15) is 9.84 Å². The summed E-state index contributed by atoms with van der Waals surface area (Å²) in [5.74, 6) is 0.221. The Kier molecular flexibility index (Phi) is 4.13. The highest BCUT2D eigenvalue weighted by atomic mass is 32.2. The molecule has 1 unspecified atom stereocenters. The van der Waals surface area contributed by atoms with E-state index in [2.05, 4.69) is 5.32 Å². The Balaban J connectivity index is 2.43. The molecule has 1 aliphatic rings. The summed E-state index contributed by atoms with van der Waals surface area (Å²) in [6.45, 7) is 3.97. The van der Waals surface area contributed by atoms with Crippen LogP contribution in [0.3, 0.4) is 0 Å². The number of hydrogen-bond acceptors (Lipinski definition) is 3. The molecule has 0 aromatic rings. The van der Waals surface area contributed by atoms with E-state index in [4.69, 9.17) is 0 Å². The highest BCUT2D eigenvalue weighted by Gasteiger charge is 2.28. The normalized spacial score (nSPS) is 23.3. The first-order valence-electron chi connectivity index (χ1n) is 5.45. The Morgan fingerprint density at radius 2 is 1.93 bits per heavy atom. The molecule has 1 amide bonds. The predicted octanol–water partition coefficient (Wildman–Crippen LogP) is 0.726. The Labute approximate surface area is 91.4 Å². The van der Waals surface area contributed by atoms with Gasteiger partial charge in [-0.25, -0.2) is 8.42 Å². The molecule has 4 nitrogen and oxygen atoms in total. The average Bonchev–Trinajstić information content (AvgIpc) is 2.17. The third kappa shape index (κ3) is 3.81. The molecule has 1 heterocycles. The van der Waals surface area contributed by atoms with Gasteiger partial charge in [-0.3, -0.25) is 4.79 Å². The van der Waals surface area contributed by atoms with Crippen LogP contribution >= 0.6 is 0 Å². The summed E-state index contributed by atoms with van der Waals surface area (Å²) in [4.78, 5) is 11.7. The predicted molar refractivity (Wildman–Crippen MR) is 59.3 cm³/mol. The summed E-state index contributed by atoms with van der Waals surface area (Å²) in [7, 11) is -2.86. The zero-order chi connectivity index (χ0) is 11.5. The summed E-state index contributed by atoms with van der Waals surface area (Å²) in [5.41, 5.74) is 0. The lowest BCUT2D eigenvalue weighted by Crippen LogP contribution is -2.40. The SMILES string of the molecule is CCC(C)NC(=O)C1CCS(=O)(=O)CC1. The van der Waals surface area contributed by atoms with Crippen LogP contribution in [0.25, 0.3) is 0 Å². The average molecular weight is 233 g/mol. The summed E-state index contributed by atoms with van der Waals surface area (Å²) in [6.07, 6.45) is 1.85. The first kappa shape index (κ1) is 12.5. The van der Waals surface area contributed by atoms with E-state index in [1.807, 2.05) is 13.8 Å². The van der Waals surface area contributed by atoms with Crippen LogP contribution in [0.1, 0.15) is 33.1 Å². The first-order valence-corrected chi connectivity index (χ1v) is 7.27. The Bertz CT molecular complexity index is 310. The summed E-state index contributed by atoms with van der Waals surface area (Å²) in [6, 6.07) is 0.177. The third-order valence-electron chi connectivity index (χ3n) is 2.93. The topological polar surface area (TPSA) is 63.2 Å². The molecule has 0 aromatic carbocycles. The fraction of sp³-hybridized carbons (Fsp3) is 0.900. The van der Waals surface area contributed by atoms with Crippen molar-refractivity contribution in [2.24, 2.45) is 5.92 Å². The minimum atomic E-state index is -2.86. The molecular weight excluding hydrogens is 214 g/mol. The molecule has 0 spiro atoms.